The highest BCUT2D eigenvalue weighted by atomic mass is 79.9. The minimum Gasteiger partial charge on any atom is -0.458 e. The van der Waals surface area contributed by atoms with Crippen molar-refractivity contribution in [2.24, 2.45) is 0 Å². The second-order valence-corrected chi connectivity index (χ2v) is 5.53. The molecule has 3 nitrogen and oxygen atoms in total. The lowest BCUT2D eigenvalue weighted by Gasteiger charge is -2.26. The van der Waals surface area contributed by atoms with Gasteiger partial charge in [-0.25, -0.2) is 0 Å². The zero-order chi connectivity index (χ0) is 11.8. The lowest BCUT2D eigenvalue weighted by atomic mass is 10.1. The van der Waals surface area contributed by atoms with Crippen LogP contribution < -0.4 is 4.90 Å². The van der Waals surface area contributed by atoms with Crippen LogP contribution in [0.5, 0.6) is 0 Å². The van der Waals surface area contributed by atoms with E-state index in [4.69, 9.17) is 21.1 Å². The van der Waals surface area contributed by atoms with Crippen LogP contribution in [0.25, 0.3) is 11.2 Å². The number of fused-ring (bicyclic) bond motifs is 1. The first-order valence-corrected chi connectivity index (χ1v) is 6.91. The Morgan fingerprint density at radius 3 is 2.71 bits per heavy atom. The Balaban J connectivity index is 2.10. The Labute approximate surface area is 113 Å². The van der Waals surface area contributed by atoms with Crippen LogP contribution in [-0.4, -0.2) is 13.1 Å². The van der Waals surface area contributed by atoms with Crippen molar-refractivity contribution in [3.8, 4) is 0 Å². The monoisotopic (exact) mass is 313 g/mol. The Hall–Kier alpha value is -0.810. The van der Waals surface area contributed by atoms with E-state index in [0.29, 0.717) is 15.7 Å². The Kier molecular flexibility index (Phi) is 2.96. The van der Waals surface area contributed by atoms with Crippen molar-refractivity contribution in [2.45, 2.75) is 19.3 Å². The molecule has 0 aliphatic carbocycles. The fourth-order valence-electron chi connectivity index (χ4n) is 2.17. The number of anilines is 1. The normalized spacial score (nSPS) is 16.6. The largest absolute Gasteiger partial charge is 0.458 e. The molecule has 90 valence electrons. The van der Waals surface area contributed by atoms with Gasteiger partial charge in [-0.15, -0.1) is 0 Å². The van der Waals surface area contributed by atoms with Crippen molar-refractivity contribution < 1.29 is 8.83 Å². The zero-order valence-corrected chi connectivity index (χ0v) is 11.6. The average molecular weight is 314 g/mol. The van der Waals surface area contributed by atoms with E-state index in [-0.39, 0.29) is 0 Å². The molecule has 2 aromatic heterocycles. The molecule has 0 N–H and O–H groups in total. The van der Waals surface area contributed by atoms with E-state index in [1.54, 1.807) is 6.26 Å². The topological polar surface area (TPSA) is 29.5 Å². The number of hydrogen-bond donors (Lipinski definition) is 0. The van der Waals surface area contributed by atoms with Gasteiger partial charge in [0.05, 0.1) is 8.98 Å². The van der Waals surface area contributed by atoms with Gasteiger partial charge in [0.2, 0.25) is 0 Å². The molecule has 1 aliphatic heterocycles. The number of hydrogen-bond acceptors (Lipinski definition) is 4. The Bertz CT molecular complexity index is 598. The highest BCUT2D eigenvalue weighted by molar-refractivity contribution is 9.10. The number of halogens is 1. The molecule has 5 heteroatoms. The number of rotatable bonds is 1. The minimum absolute atomic E-state index is 0.646. The molecule has 0 unspecified atom stereocenters. The van der Waals surface area contributed by atoms with Crippen LogP contribution in [0.15, 0.2) is 25.6 Å². The summed E-state index contributed by atoms with van der Waals surface area (Å²) in [7, 11) is 0. The summed E-state index contributed by atoms with van der Waals surface area (Å²) >= 11 is 8.73. The van der Waals surface area contributed by atoms with E-state index in [9.17, 15) is 0 Å². The SMILES string of the molecule is S=c1cc(N2CCCCC2)oc2c(Br)coc12. The molecule has 0 spiro atoms. The van der Waals surface area contributed by atoms with Crippen LogP contribution in [0.2, 0.25) is 0 Å². The molecule has 0 atom stereocenters. The molecule has 0 saturated carbocycles. The van der Waals surface area contributed by atoms with Crippen molar-refractivity contribution in [1.29, 1.82) is 0 Å². The summed E-state index contributed by atoms with van der Waals surface area (Å²) in [5.41, 5.74) is 1.35. The number of furan rings is 1. The average Bonchev–Trinajstić information content (AvgIpc) is 2.73. The first-order chi connectivity index (χ1) is 8.25. The highest BCUT2D eigenvalue weighted by Gasteiger charge is 2.16. The summed E-state index contributed by atoms with van der Waals surface area (Å²) < 4.78 is 12.8. The third-order valence-electron chi connectivity index (χ3n) is 3.06. The van der Waals surface area contributed by atoms with E-state index in [2.05, 4.69) is 20.8 Å². The molecule has 17 heavy (non-hydrogen) atoms. The van der Waals surface area contributed by atoms with Gasteiger partial charge in [-0.3, -0.25) is 0 Å². The molecule has 2 aromatic rings. The van der Waals surface area contributed by atoms with Gasteiger partial charge in [-0.05, 0) is 35.2 Å². The lowest BCUT2D eigenvalue weighted by Crippen LogP contribution is -2.29. The van der Waals surface area contributed by atoms with Crippen molar-refractivity contribution in [1.82, 2.24) is 0 Å². The second kappa shape index (κ2) is 4.46. The van der Waals surface area contributed by atoms with Gasteiger partial charge in [0.1, 0.15) is 6.26 Å². The summed E-state index contributed by atoms with van der Waals surface area (Å²) in [6, 6.07) is 1.89. The van der Waals surface area contributed by atoms with Crippen LogP contribution in [0.4, 0.5) is 5.88 Å². The second-order valence-electron chi connectivity index (χ2n) is 4.24. The third kappa shape index (κ3) is 2.02. The van der Waals surface area contributed by atoms with Crippen LogP contribution in [-0.2, 0) is 0 Å². The molecule has 1 fully saturated rings. The van der Waals surface area contributed by atoms with E-state index in [1.807, 2.05) is 6.07 Å². The van der Waals surface area contributed by atoms with Gasteiger partial charge in [0, 0.05) is 19.2 Å². The predicted octanol–water partition coefficient (Wildman–Crippen LogP) is 4.51. The molecule has 3 heterocycles. The molecular formula is C12H12BrNO2S. The predicted molar refractivity (Wildman–Crippen MR) is 73.1 cm³/mol. The van der Waals surface area contributed by atoms with E-state index < -0.39 is 0 Å². The minimum atomic E-state index is 0.646. The van der Waals surface area contributed by atoms with Crippen molar-refractivity contribution in [3.63, 3.8) is 0 Å². The molecule has 0 aromatic carbocycles. The van der Waals surface area contributed by atoms with Gasteiger partial charge < -0.3 is 13.7 Å². The maximum Gasteiger partial charge on any atom is 0.197 e. The number of piperidine rings is 1. The summed E-state index contributed by atoms with van der Waals surface area (Å²) in [4.78, 5) is 2.25. The van der Waals surface area contributed by atoms with Gasteiger partial charge in [-0.2, -0.15) is 0 Å². The summed E-state index contributed by atoms with van der Waals surface area (Å²) in [5, 5.41) is 0. The molecular weight excluding hydrogens is 302 g/mol. The van der Waals surface area contributed by atoms with E-state index >= 15 is 0 Å². The van der Waals surface area contributed by atoms with Crippen LogP contribution in [0.1, 0.15) is 19.3 Å². The molecule has 0 radical (unpaired) electrons. The quantitative estimate of drug-likeness (QED) is 0.724. The van der Waals surface area contributed by atoms with Gasteiger partial charge in [0.15, 0.2) is 17.1 Å². The highest BCUT2D eigenvalue weighted by Crippen LogP contribution is 2.32. The lowest BCUT2D eigenvalue weighted by molar-refractivity contribution is 0.510. The van der Waals surface area contributed by atoms with Gasteiger partial charge in [-0.1, -0.05) is 12.2 Å². The van der Waals surface area contributed by atoms with Crippen LogP contribution in [0, 0.1) is 4.51 Å². The maximum absolute atomic E-state index is 5.87. The zero-order valence-electron chi connectivity index (χ0n) is 9.24. The molecule has 1 saturated heterocycles. The molecule has 1 aliphatic rings. The van der Waals surface area contributed by atoms with E-state index in [1.165, 1.54) is 19.3 Å². The molecule has 0 bridgehead atoms. The summed E-state index contributed by atoms with van der Waals surface area (Å²) in [6.45, 7) is 2.08. The third-order valence-corrected chi connectivity index (χ3v) is 3.91. The smallest absolute Gasteiger partial charge is 0.197 e. The maximum atomic E-state index is 5.87. The van der Waals surface area contributed by atoms with Crippen molar-refractivity contribution >= 4 is 45.2 Å². The fourth-order valence-corrected chi connectivity index (χ4v) is 2.77. The Morgan fingerprint density at radius 1 is 1.18 bits per heavy atom. The summed E-state index contributed by atoms with van der Waals surface area (Å²) in [5.74, 6) is 0.851. The fraction of sp³-hybridized carbons (Fsp3) is 0.417. The Morgan fingerprint density at radius 2 is 1.94 bits per heavy atom. The van der Waals surface area contributed by atoms with E-state index in [0.717, 1.165) is 23.4 Å². The van der Waals surface area contributed by atoms with Crippen molar-refractivity contribution in [3.05, 3.63) is 21.3 Å². The van der Waals surface area contributed by atoms with Crippen LogP contribution in [0.3, 0.4) is 0 Å². The van der Waals surface area contributed by atoms with Gasteiger partial charge >= 0.3 is 0 Å². The standard InChI is InChI=1S/C12H12BrNO2S/c13-8-7-15-12-9(17)6-10(16-11(8)12)14-4-2-1-3-5-14/h6-7H,1-5H2. The summed E-state index contributed by atoms with van der Waals surface area (Å²) in [6.07, 6.45) is 5.35. The van der Waals surface area contributed by atoms with Gasteiger partial charge in [0.25, 0.3) is 0 Å². The first-order valence-electron chi connectivity index (χ1n) is 5.71. The van der Waals surface area contributed by atoms with Crippen LogP contribution >= 0.6 is 28.1 Å². The van der Waals surface area contributed by atoms with Crippen molar-refractivity contribution in [2.75, 3.05) is 18.0 Å². The molecule has 3 rings (SSSR count). The molecule has 0 amide bonds. The first kappa shape index (κ1) is 11.3. The number of nitrogens with zero attached hydrogens (tertiary/aromatic N) is 1.